The Morgan fingerprint density at radius 2 is 1.81 bits per heavy atom. The molecule has 1 unspecified atom stereocenters. The summed E-state index contributed by atoms with van der Waals surface area (Å²) in [6.45, 7) is 3.16. The van der Waals surface area contributed by atoms with E-state index in [0.717, 1.165) is 18.1 Å². The van der Waals surface area contributed by atoms with Gasteiger partial charge in [-0.3, -0.25) is 9.59 Å². The summed E-state index contributed by atoms with van der Waals surface area (Å²) in [5.74, 6) is -1.37. The number of hydrogen-bond donors (Lipinski definition) is 0. The first-order valence-electron chi connectivity index (χ1n) is 10.7. The fourth-order valence-corrected chi connectivity index (χ4v) is 4.52. The van der Waals surface area contributed by atoms with Gasteiger partial charge in [-0.05, 0) is 29.7 Å². The highest BCUT2D eigenvalue weighted by atomic mass is 19.1. The van der Waals surface area contributed by atoms with Crippen LogP contribution in [0.15, 0.2) is 42.5 Å². The smallest absolute Gasteiger partial charge is 0.225 e. The molecule has 1 saturated heterocycles. The third-order valence-corrected chi connectivity index (χ3v) is 6.17. The van der Waals surface area contributed by atoms with Gasteiger partial charge in [0.1, 0.15) is 11.9 Å². The average molecular weight is 428 g/mol. The molecule has 0 aliphatic carbocycles. The quantitative estimate of drug-likeness (QED) is 0.743. The van der Waals surface area contributed by atoms with Gasteiger partial charge in [0.15, 0.2) is 11.6 Å². The van der Waals surface area contributed by atoms with Crippen LogP contribution >= 0.6 is 0 Å². The zero-order chi connectivity index (χ0) is 22.0. The molecule has 2 aliphatic heterocycles. The van der Waals surface area contributed by atoms with Crippen molar-refractivity contribution in [1.29, 1.82) is 0 Å². The lowest BCUT2D eigenvalue weighted by Gasteiger charge is -2.38. The SMILES string of the molecule is CC(=O)N1CCc2ccccc2C1CC(=O)N1CCC(Oc2ccc(F)cc2F)CC1. The van der Waals surface area contributed by atoms with Gasteiger partial charge in [-0.2, -0.15) is 0 Å². The summed E-state index contributed by atoms with van der Waals surface area (Å²) in [6, 6.07) is 11.0. The Morgan fingerprint density at radius 3 is 2.52 bits per heavy atom. The van der Waals surface area contributed by atoms with Crippen LogP contribution in [0.5, 0.6) is 5.75 Å². The van der Waals surface area contributed by atoms with E-state index in [9.17, 15) is 18.4 Å². The number of ether oxygens (including phenoxy) is 1. The van der Waals surface area contributed by atoms with Gasteiger partial charge in [-0.15, -0.1) is 0 Å². The van der Waals surface area contributed by atoms with E-state index in [-0.39, 0.29) is 36.1 Å². The third kappa shape index (κ3) is 4.70. The van der Waals surface area contributed by atoms with Gasteiger partial charge in [0.25, 0.3) is 0 Å². The van der Waals surface area contributed by atoms with Gasteiger partial charge < -0.3 is 14.5 Å². The minimum Gasteiger partial charge on any atom is -0.487 e. The Kier molecular flexibility index (Phi) is 6.20. The summed E-state index contributed by atoms with van der Waals surface area (Å²) >= 11 is 0. The van der Waals surface area contributed by atoms with Crippen LogP contribution in [0.1, 0.15) is 43.4 Å². The second kappa shape index (κ2) is 9.04. The molecule has 4 rings (SSSR count). The first-order chi connectivity index (χ1) is 14.9. The summed E-state index contributed by atoms with van der Waals surface area (Å²) < 4.78 is 32.6. The fourth-order valence-electron chi connectivity index (χ4n) is 4.52. The van der Waals surface area contributed by atoms with Crippen LogP contribution in [0.3, 0.4) is 0 Å². The molecular formula is C24H26F2N2O3. The Labute approximate surface area is 180 Å². The van der Waals surface area contributed by atoms with Crippen molar-refractivity contribution in [3.05, 3.63) is 65.2 Å². The molecule has 0 aromatic heterocycles. The van der Waals surface area contributed by atoms with E-state index in [1.54, 1.807) is 16.7 Å². The number of carbonyl (C=O) groups is 2. The normalized spacial score (nSPS) is 19.1. The zero-order valence-corrected chi connectivity index (χ0v) is 17.5. The van der Waals surface area contributed by atoms with Crippen molar-refractivity contribution < 1.29 is 23.1 Å². The van der Waals surface area contributed by atoms with Crippen molar-refractivity contribution in [3.8, 4) is 5.75 Å². The van der Waals surface area contributed by atoms with Crippen LogP contribution in [0.25, 0.3) is 0 Å². The van der Waals surface area contributed by atoms with Crippen LogP contribution in [0, 0.1) is 11.6 Å². The van der Waals surface area contributed by atoms with Crippen molar-refractivity contribution in [2.45, 2.75) is 44.8 Å². The van der Waals surface area contributed by atoms with Crippen LogP contribution in [-0.2, 0) is 16.0 Å². The number of fused-ring (bicyclic) bond motifs is 1. The maximum absolute atomic E-state index is 13.8. The predicted molar refractivity (Wildman–Crippen MR) is 111 cm³/mol. The monoisotopic (exact) mass is 428 g/mol. The Hall–Kier alpha value is -2.96. The van der Waals surface area contributed by atoms with Crippen molar-refractivity contribution in [2.24, 2.45) is 0 Å². The molecule has 164 valence electrons. The van der Waals surface area contributed by atoms with E-state index in [4.69, 9.17) is 4.74 Å². The van der Waals surface area contributed by atoms with E-state index in [1.807, 2.05) is 18.2 Å². The molecule has 2 amide bonds. The molecular weight excluding hydrogens is 402 g/mol. The molecule has 0 radical (unpaired) electrons. The highest BCUT2D eigenvalue weighted by Gasteiger charge is 2.33. The Morgan fingerprint density at radius 1 is 1.06 bits per heavy atom. The lowest BCUT2D eigenvalue weighted by molar-refractivity contribution is -0.137. The minimum atomic E-state index is -0.723. The van der Waals surface area contributed by atoms with Crippen LogP contribution in [-0.4, -0.2) is 47.4 Å². The van der Waals surface area contributed by atoms with E-state index in [0.29, 0.717) is 32.5 Å². The minimum absolute atomic E-state index is 0.000587. The van der Waals surface area contributed by atoms with Crippen molar-refractivity contribution >= 4 is 11.8 Å². The average Bonchev–Trinajstić information content (AvgIpc) is 2.76. The number of nitrogens with zero attached hydrogens (tertiary/aromatic N) is 2. The molecule has 0 saturated carbocycles. The molecule has 5 nitrogen and oxygen atoms in total. The highest BCUT2D eigenvalue weighted by molar-refractivity contribution is 5.80. The first-order valence-corrected chi connectivity index (χ1v) is 10.7. The van der Waals surface area contributed by atoms with Crippen LogP contribution in [0.4, 0.5) is 8.78 Å². The molecule has 0 bridgehead atoms. The van der Waals surface area contributed by atoms with Crippen LogP contribution in [0.2, 0.25) is 0 Å². The van der Waals surface area contributed by atoms with Gasteiger partial charge in [-0.1, -0.05) is 24.3 Å². The molecule has 2 aliphatic rings. The summed E-state index contributed by atoms with van der Waals surface area (Å²) in [5, 5.41) is 0. The van der Waals surface area contributed by atoms with E-state index >= 15 is 0 Å². The molecule has 0 spiro atoms. The number of amides is 2. The van der Waals surface area contributed by atoms with Crippen molar-refractivity contribution in [2.75, 3.05) is 19.6 Å². The summed E-state index contributed by atoms with van der Waals surface area (Å²) in [4.78, 5) is 28.8. The number of hydrogen-bond acceptors (Lipinski definition) is 3. The number of piperidine rings is 1. The maximum Gasteiger partial charge on any atom is 0.225 e. The summed E-state index contributed by atoms with van der Waals surface area (Å²) in [5.41, 5.74) is 2.23. The molecule has 2 heterocycles. The van der Waals surface area contributed by atoms with Gasteiger partial charge >= 0.3 is 0 Å². The number of benzene rings is 2. The van der Waals surface area contributed by atoms with Gasteiger partial charge in [0.05, 0.1) is 12.5 Å². The molecule has 2 aromatic rings. The molecule has 0 N–H and O–H groups in total. The van der Waals surface area contributed by atoms with Gasteiger partial charge in [0, 0.05) is 45.5 Å². The standard InChI is InChI=1S/C24H26F2N2O3/c1-16(29)28-13-8-17-4-2-3-5-20(17)22(28)15-24(30)27-11-9-19(10-12-27)31-23-7-6-18(25)14-21(23)26/h2-7,14,19,22H,8-13,15H2,1H3. The fraction of sp³-hybridized carbons (Fsp3) is 0.417. The molecule has 1 atom stereocenters. The van der Waals surface area contributed by atoms with E-state index < -0.39 is 11.6 Å². The number of likely N-dealkylation sites (tertiary alicyclic amines) is 1. The topological polar surface area (TPSA) is 49.9 Å². The molecule has 2 aromatic carbocycles. The molecule has 7 heteroatoms. The second-order valence-electron chi connectivity index (χ2n) is 8.15. The number of halogens is 2. The Balaban J connectivity index is 1.38. The Bertz CT molecular complexity index is 973. The molecule has 31 heavy (non-hydrogen) atoms. The largest absolute Gasteiger partial charge is 0.487 e. The number of carbonyl (C=O) groups excluding carboxylic acids is 2. The van der Waals surface area contributed by atoms with E-state index in [2.05, 4.69) is 6.07 Å². The lowest BCUT2D eigenvalue weighted by Crippen LogP contribution is -2.45. The predicted octanol–water partition coefficient (Wildman–Crippen LogP) is 3.87. The van der Waals surface area contributed by atoms with Crippen molar-refractivity contribution in [3.63, 3.8) is 0 Å². The van der Waals surface area contributed by atoms with Crippen LogP contribution < -0.4 is 4.74 Å². The number of rotatable bonds is 4. The van der Waals surface area contributed by atoms with Gasteiger partial charge in [0.2, 0.25) is 11.8 Å². The molecule has 1 fully saturated rings. The lowest BCUT2D eigenvalue weighted by atomic mass is 9.90. The first kappa shape index (κ1) is 21.3. The van der Waals surface area contributed by atoms with E-state index in [1.165, 1.54) is 17.7 Å². The third-order valence-electron chi connectivity index (χ3n) is 6.17. The second-order valence-corrected chi connectivity index (χ2v) is 8.15. The highest BCUT2D eigenvalue weighted by Crippen LogP contribution is 2.33. The summed E-state index contributed by atoms with van der Waals surface area (Å²) in [7, 11) is 0. The maximum atomic E-state index is 13.8. The van der Waals surface area contributed by atoms with Crippen molar-refractivity contribution in [1.82, 2.24) is 9.80 Å². The van der Waals surface area contributed by atoms with Gasteiger partial charge in [-0.25, -0.2) is 8.78 Å². The zero-order valence-electron chi connectivity index (χ0n) is 17.5. The summed E-state index contributed by atoms with van der Waals surface area (Å²) in [6.07, 6.45) is 1.95.